The first kappa shape index (κ1) is 15.0. The molecule has 0 aromatic heterocycles. The van der Waals surface area contributed by atoms with E-state index in [0.717, 1.165) is 17.8 Å². The van der Waals surface area contributed by atoms with Crippen molar-refractivity contribution in [3.05, 3.63) is 0 Å². The molecule has 4 heteroatoms. The highest BCUT2D eigenvalue weighted by Gasteiger charge is 2.62. The molecule has 4 bridgehead atoms. The molecule has 3 N–H and O–H groups in total. The minimum absolute atomic E-state index is 0.168. The first-order chi connectivity index (χ1) is 9.31. The third-order valence-electron chi connectivity index (χ3n) is 6.15. The van der Waals surface area contributed by atoms with E-state index in [9.17, 15) is 0 Å². The quantitative estimate of drug-likeness (QED) is 0.698. The highest BCUT2D eigenvalue weighted by molar-refractivity contribution is 6.76. The first-order valence-corrected chi connectivity index (χ1v) is 10.5. The SMILES string of the molecule is CN[Si](NC)(NC(C)(C)C)C12CC3CC(CC(C3)C1)C2. The average Bonchev–Trinajstić information content (AvgIpc) is 2.33. The Labute approximate surface area is 125 Å². The summed E-state index contributed by atoms with van der Waals surface area (Å²) in [5.74, 6) is 3.03. The van der Waals surface area contributed by atoms with Crippen LogP contribution in [0.25, 0.3) is 0 Å². The van der Waals surface area contributed by atoms with Crippen LogP contribution in [0.3, 0.4) is 0 Å². The van der Waals surface area contributed by atoms with Gasteiger partial charge in [0.1, 0.15) is 0 Å². The van der Waals surface area contributed by atoms with Gasteiger partial charge in [0.2, 0.25) is 0 Å². The van der Waals surface area contributed by atoms with E-state index in [2.05, 4.69) is 49.8 Å². The molecule has 4 aliphatic carbocycles. The van der Waals surface area contributed by atoms with Gasteiger partial charge in [-0.1, -0.05) is 0 Å². The lowest BCUT2D eigenvalue weighted by atomic mass is 9.56. The van der Waals surface area contributed by atoms with Crippen LogP contribution in [-0.2, 0) is 0 Å². The van der Waals surface area contributed by atoms with Gasteiger partial charge in [0.15, 0.2) is 0 Å². The molecule has 0 unspecified atom stereocenters. The zero-order valence-corrected chi connectivity index (χ0v) is 15.0. The van der Waals surface area contributed by atoms with Crippen molar-refractivity contribution in [2.45, 2.75) is 69.9 Å². The summed E-state index contributed by atoms with van der Waals surface area (Å²) in [6, 6.07) is 0. The Morgan fingerprint density at radius 2 is 1.25 bits per heavy atom. The summed E-state index contributed by atoms with van der Waals surface area (Å²) >= 11 is 0. The van der Waals surface area contributed by atoms with Crippen LogP contribution in [-0.4, -0.2) is 28.2 Å². The molecule has 0 aromatic carbocycles. The molecule has 3 nitrogen and oxygen atoms in total. The maximum absolute atomic E-state index is 4.04. The Morgan fingerprint density at radius 1 is 0.850 bits per heavy atom. The topological polar surface area (TPSA) is 36.1 Å². The van der Waals surface area contributed by atoms with Gasteiger partial charge in [0, 0.05) is 10.6 Å². The van der Waals surface area contributed by atoms with E-state index < -0.39 is 8.56 Å². The van der Waals surface area contributed by atoms with Gasteiger partial charge in [-0.15, -0.1) is 0 Å². The molecular formula is C16H33N3Si. The zero-order valence-electron chi connectivity index (χ0n) is 14.0. The van der Waals surface area contributed by atoms with Gasteiger partial charge < -0.3 is 14.9 Å². The molecule has 4 fully saturated rings. The second-order valence-corrected chi connectivity index (χ2v) is 12.6. The van der Waals surface area contributed by atoms with E-state index >= 15 is 0 Å². The Balaban J connectivity index is 1.94. The van der Waals surface area contributed by atoms with E-state index in [1.54, 1.807) is 0 Å². The molecule has 0 aliphatic heterocycles. The van der Waals surface area contributed by atoms with Gasteiger partial charge in [-0.3, -0.25) is 0 Å². The van der Waals surface area contributed by atoms with Gasteiger partial charge in [-0.2, -0.15) is 0 Å². The highest BCUT2D eigenvalue weighted by atomic mass is 28.4. The van der Waals surface area contributed by atoms with Crippen LogP contribution >= 0.6 is 0 Å². The fourth-order valence-corrected chi connectivity index (χ4v) is 10.8. The molecule has 4 aliphatic rings. The van der Waals surface area contributed by atoms with Crippen molar-refractivity contribution in [3.63, 3.8) is 0 Å². The fraction of sp³-hybridized carbons (Fsp3) is 1.00. The number of nitrogens with one attached hydrogen (secondary N) is 3. The lowest BCUT2D eigenvalue weighted by Crippen LogP contribution is -2.81. The van der Waals surface area contributed by atoms with Crippen molar-refractivity contribution in [2.75, 3.05) is 14.1 Å². The lowest BCUT2D eigenvalue weighted by molar-refractivity contribution is 0.0206. The first-order valence-electron chi connectivity index (χ1n) is 8.48. The Kier molecular flexibility index (Phi) is 3.60. The van der Waals surface area contributed by atoms with Gasteiger partial charge in [0.25, 0.3) is 8.56 Å². The van der Waals surface area contributed by atoms with Crippen molar-refractivity contribution in [1.29, 1.82) is 0 Å². The van der Waals surface area contributed by atoms with Crippen LogP contribution in [0.1, 0.15) is 59.3 Å². The van der Waals surface area contributed by atoms with Crippen molar-refractivity contribution in [1.82, 2.24) is 14.9 Å². The van der Waals surface area contributed by atoms with Crippen LogP contribution in [0.4, 0.5) is 0 Å². The van der Waals surface area contributed by atoms with E-state index in [1.807, 2.05) is 0 Å². The van der Waals surface area contributed by atoms with Crippen LogP contribution in [0, 0.1) is 17.8 Å². The monoisotopic (exact) mass is 295 g/mol. The Hall–Kier alpha value is 0.0969. The summed E-state index contributed by atoms with van der Waals surface area (Å²) in [6.07, 6.45) is 8.92. The molecule has 20 heavy (non-hydrogen) atoms. The molecule has 0 aromatic rings. The summed E-state index contributed by atoms with van der Waals surface area (Å²) in [5, 5.41) is 0.526. The second-order valence-electron chi connectivity index (χ2n) is 8.82. The van der Waals surface area contributed by atoms with E-state index in [1.165, 1.54) is 38.5 Å². The molecule has 0 amide bonds. The van der Waals surface area contributed by atoms with Crippen molar-refractivity contribution >= 4 is 8.56 Å². The van der Waals surface area contributed by atoms with E-state index in [4.69, 9.17) is 0 Å². The summed E-state index contributed by atoms with van der Waals surface area (Å²) in [6.45, 7) is 6.93. The third kappa shape index (κ3) is 2.29. The number of hydrogen-bond acceptors (Lipinski definition) is 3. The highest BCUT2D eigenvalue weighted by Crippen LogP contribution is 2.66. The zero-order chi connectivity index (χ0) is 14.6. The molecule has 0 radical (unpaired) electrons. The molecular weight excluding hydrogens is 262 g/mol. The minimum atomic E-state index is -1.88. The standard InChI is InChI=1S/C16H33N3Si/c1-15(2,3)19-20(17-4,18-5)16-9-12-6-13(10-16)8-14(7-12)11-16/h12-14,17-19H,6-11H2,1-5H3. The molecule has 0 atom stereocenters. The summed E-state index contributed by atoms with van der Waals surface area (Å²) < 4.78 is 0. The summed E-state index contributed by atoms with van der Waals surface area (Å²) in [5.41, 5.74) is 0.168. The van der Waals surface area contributed by atoms with Crippen molar-refractivity contribution in [3.8, 4) is 0 Å². The van der Waals surface area contributed by atoms with E-state index in [-0.39, 0.29) is 5.54 Å². The third-order valence-corrected chi connectivity index (χ3v) is 11.0. The van der Waals surface area contributed by atoms with Crippen LogP contribution in [0.2, 0.25) is 5.04 Å². The maximum Gasteiger partial charge on any atom is 0.287 e. The van der Waals surface area contributed by atoms with Gasteiger partial charge in [-0.25, -0.2) is 0 Å². The van der Waals surface area contributed by atoms with E-state index in [0.29, 0.717) is 5.04 Å². The Morgan fingerprint density at radius 3 is 1.55 bits per heavy atom. The largest absolute Gasteiger partial charge is 0.316 e. The van der Waals surface area contributed by atoms with Gasteiger partial charge in [0.05, 0.1) is 0 Å². The number of hydrogen-bond donors (Lipinski definition) is 3. The summed E-state index contributed by atoms with van der Waals surface area (Å²) in [7, 11) is 2.48. The molecule has 0 saturated heterocycles. The fourth-order valence-electron chi connectivity index (χ4n) is 6.05. The molecule has 0 spiro atoms. The smallest absolute Gasteiger partial charge is 0.287 e. The summed E-state index contributed by atoms with van der Waals surface area (Å²) in [4.78, 5) is 11.6. The Bertz CT molecular complexity index is 335. The minimum Gasteiger partial charge on any atom is -0.316 e. The average molecular weight is 296 g/mol. The number of rotatable bonds is 4. The van der Waals surface area contributed by atoms with Crippen LogP contribution in [0.15, 0.2) is 0 Å². The predicted molar refractivity (Wildman–Crippen MR) is 87.6 cm³/mol. The van der Waals surface area contributed by atoms with Crippen LogP contribution < -0.4 is 14.9 Å². The molecule has 0 heterocycles. The normalized spacial score (nSPS) is 40.4. The van der Waals surface area contributed by atoms with Gasteiger partial charge in [-0.05, 0) is 91.1 Å². The van der Waals surface area contributed by atoms with Crippen molar-refractivity contribution < 1.29 is 0 Å². The molecule has 116 valence electrons. The second kappa shape index (κ2) is 4.80. The molecule has 4 rings (SSSR count). The van der Waals surface area contributed by atoms with Crippen molar-refractivity contribution in [2.24, 2.45) is 17.8 Å². The lowest BCUT2D eigenvalue weighted by Gasteiger charge is -2.63. The van der Waals surface area contributed by atoms with Gasteiger partial charge >= 0.3 is 0 Å². The maximum atomic E-state index is 4.04. The predicted octanol–water partition coefficient (Wildman–Crippen LogP) is 2.72. The van der Waals surface area contributed by atoms with Crippen LogP contribution in [0.5, 0.6) is 0 Å². The molecule has 4 saturated carbocycles.